The standard InChI is InChI=1S/C17H26N2O/c1-20-16-11-15(12-16)19-13-17(7-9-18-10-8-17)14-5-3-2-4-6-14/h2-6,15-16,18-19H,7-13H2,1H3. The highest BCUT2D eigenvalue weighted by molar-refractivity contribution is 5.27. The van der Waals surface area contributed by atoms with Gasteiger partial charge in [0.25, 0.3) is 0 Å². The summed E-state index contributed by atoms with van der Waals surface area (Å²) in [6.07, 6.45) is 5.27. The molecule has 1 aromatic carbocycles. The first-order chi connectivity index (χ1) is 9.82. The zero-order valence-corrected chi connectivity index (χ0v) is 12.4. The van der Waals surface area contributed by atoms with Crippen molar-refractivity contribution in [3.8, 4) is 0 Å². The van der Waals surface area contributed by atoms with Crippen LogP contribution in [0.4, 0.5) is 0 Å². The predicted molar refractivity (Wildman–Crippen MR) is 82.0 cm³/mol. The molecular formula is C17H26N2O. The summed E-state index contributed by atoms with van der Waals surface area (Å²) in [6.45, 7) is 3.35. The van der Waals surface area contributed by atoms with Crippen LogP contribution in [0.15, 0.2) is 30.3 Å². The lowest BCUT2D eigenvalue weighted by atomic mass is 9.72. The third kappa shape index (κ3) is 2.90. The molecule has 3 rings (SSSR count). The third-order valence-corrected chi connectivity index (χ3v) is 5.10. The summed E-state index contributed by atoms with van der Waals surface area (Å²) in [5, 5.41) is 7.28. The van der Waals surface area contributed by atoms with Crippen molar-refractivity contribution in [3.63, 3.8) is 0 Å². The number of hydrogen-bond acceptors (Lipinski definition) is 3. The van der Waals surface area contributed by atoms with Crippen molar-refractivity contribution in [2.75, 3.05) is 26.7 Å². The number of nitrogens with one attached hydrogen (secondary N) is 2. The average molecular weight is 274 g/mol. The van der Waals surface area contributed by atoms with Gasteiger partial charge in [-0.25, -0.2) is 0 Å². The smallest absolute Gasteiger partial charge is 0.0601 e. The lowest BCUT2D eigenvalue weighted by Crippen LogP contribution is -2.52. The van der Waals surface area contributed by atoms with Gasteiger partial charge in [0.15, 0.2) is 0 Å². The van der Waals surface area contributed by atoms with Crippen molar-refractivity contribution in [3.05, 3.63) is 35.9 Å². The maximum absolute atomic E-state index is 5.37. The van der Waals surface area contributed by atoms with Crippen molar-refractivity contribution in [2.24, 2.45) is 0 Å². The van der Waals surface area contributed by atoms with Crippen molar-refractivity contribution >= 4 is 0 Å². The molecule has 0 amide bonds. The van der Waals surface area contributed by atoms with E-state index in [9.17, 15) is 0 Å². The van der Waals surface area contributed by atoms with Gasteiger partial charge in [-0.05, 0) is 44.3 Å². The first-order valence-corrected chi connectivity index (χ1v) is 7.85. The molecule has 3 nitrogen and oxygen atoms in total. The number of ether oxygens (including phenoxy) is 1. The maximum atomic E-state index is 5.37. The highest BCUT2D eigenvalue weighted by atomic mass is 16.5. The molecule has 3 heteroatoms. The van der Waals surface area contributed by atoms with E-state index >= 15 is 0 Å². The molecule has 2 N–H and O–H groups in total. The Kier molecular flexibility index (Phi) is 4.39. The van der Waals surface area contributed by atoms with Gasteiger partial charge < -0.3 is 15.4 Å². The SMILES string of the molecule is COC1CC(NCC2(c3ccccc3)CCNCC2)C1. The van der Waals surface area contributed by atoms with E-state index < -0.39 is 0 Å². The van der Waals surface area contributed by atoms with Crippen LogP contribution in [0.2, 0.25) is 0 Å². The van der Waals surface area contributed by atoms with Crippen LogP contribution in [-0.4, -0.2) is 38.9 Å². The van der Waals surface area contributed by atoms with E-state index in [1.54, 1.807) is 0 Å². The van der Waals surface area contributed by atoms with Crippen molar-refractivity contribution in [2.45, 2.75) is 43.2 Å². The summed E-state index contributed by atoms with van der Waals surface area (Å²) in [7, 11) is 1.82. The van der Waals surface area contributed by atoms with E-state index in [4.69, 9.17) is 4.74 Å². The molecule has 2 aliphatic rings. The minimum Gasteiger partial charge on any atom is -0.381 e. The van der Waals surface area contributed by atoms with Gasteiger partial charge in [-0.2, -0.15) is 0 Å². The van der Waals surface area contributed by atoms with Crippen LogP contribution < -0.4 is 10.6 Å². The van der Waals surface area contributed by atoms with Crippen LogP contribution in [-0.2, 0) is 10.2 Å². The average Bonchev–Trinajstić information content (AvgIpc) is 2.48. The van der Waals surface area contributed by atoms with Crippen molar-refractivity contribution in [1.29, 1.82) is 0 Å². The Bertz CT molecular complexity index is 408. The van der Waals surface area contributed by atoms with Crippen LogP contribution in [0, 0.1) is 0 Å². The highest BCUT2D eigenvalue weighted by Gasteiger charge is 2.36. The zero-order valence-electron chi connectivity index (χ0n) is 12.4. The second kappa shape index (κ2) is 6.25. The van der Waals surface area contributed by atoms with Gasteiger partial charge in [0.05, 0.1) is 6.10 Å². The summed E-state index contributed by atoms with van der Waals surface area (Å²) in [6, 6.07) is 11.7. The Labute approximate surface area is 122 Å². The molecule has 2 fully saturated rings. The minimum atomic E-state index is 0.310. The molecule has 1 heterocycles. The summed E-state index contributed by atoms with van der Waals surface area (Å²) in [5.41, 5.74) is 1.81. The van der Waals surface area contributed by atoms with Crippen LogP contribution in [0.25, 0.3) is 0 Å². The molecule has 1 saturated carbocycles. The molecule has 110 valence electrons. The first-order valence-electron chi connectivity index (χ1n) is 7.85. The van der Waals surface area contributed by atoms with Crippen LogP contribution in [0.5, 0.6) is 0 Å². The Balaban J connectivity index is 1.64. The van der Waals surface area contributed by atoms with E-state index in [0.717, 1.165) is 19.6 Å². The predicted octanol–water partition coefficient (Wildman–Crippen LogP) is 2.07. The van der Waals surface area contributed by atoms with Gasteiger partial charge in [-0.15, -0.1) is 0 Å². The first kappa shape index (κ1) is 14.1. The minimum absolute atomic E-state index is 0.310. The Morgan fingerprint density at radius 2 is 1.90 bits per heavy atom. The van der Waals surface area contributed by atoms with Crippen LogP contribution in [0.1, 0.15) is 31.2 Å². The second-order valence-electron chi connectivity index (χ2n) is 6.30. The molecule has 1 aliphatic heterocycles. The number of hydrogen-bond donors (Lipinski definition) is 2. The monoisotopic (exact) mass is 274 g/mol. The van der Waals surface area contributed by atoms with Crippen molar-refractivity contribution in [1.82, 2.24) is 10.6 Å². The van der Waals surface area contributed by atoms with E-state index in [1.165, 1.54) is 31.2 Å². The fourth-order valence-corrected chi connectivity index (χ4v) is 3.53. The molecule has 0 unspecified atom stereocenters. The van der Waals surface area contributed by atoms with Gasteiger partial charge in [0, 0.05) is 25.1 Å². The van der Waals surface area contributed by atoms with Gasteiger partial charge in [0.2, 0.25) is 0 Å². The van der Waals surface area contributed by atoms with Gasteiger partial charge in [0.1, 0.15) is 0 Å². The van der Waals surface area contributed by atoms with Gasteiger partial charge in [-0.3, -0.25) is 0 Å². The lowest BCUT2D eigenvalue weighted by Gasteiger charge is -2.42. The number of piperidine rings is 1. The topological polar surface area (TPSA) is 33.3 Å². The van der Waals surface area contributed by atoms with E-state index in [2.05, 4.69) is 41.0 Å². The molecule has 0 aromatic heterocycles. The Morgan fingerprint density at radius 1 is 1.20 bits per heavy atom. The summed E-state index contributed by atoms with van der Waals surface area (Å²) < 4.78 is 5.37. The fraction of sp³-hybridized carbons (Fsp3) is 0.647. The Morgan fingerprint density at radius 3 is 2.55 bits per heavy atom. The quantitative estimate of drug-likeness (QED) is 0.862. The molecular weight excluding hydrogens is 248 g/mol. The normalized spacial score (nSPS) is 28.9. The molecule has 0 bridgehead atoms. The van der Waals surface area contributed by atoms with E-state index in [-0.39, 0.29) is 0 Å². The molecule has 1 aromatic rings. The van der Waals surface area contributed by atoms with E-state index in [0.29, 0.717) is 17.6 Å². The summed E-state index contributed by atoms with van der Waals surface area (Å²) in [4.78, 5) is 0. The number of benzene rings is 1. The fourth-order valence-electron chi connectivity index (χ4n) is 3.53. The zero-order chi connectivity index (χ0) is 13.8. The summed E-state index contributed by atoms with van der Waals surface area (Å²) >= 11 is 0. The van der Waals surface area contributed by atoms with Crippen molar-refractivity contribution < 1.29 is 4.74 Å². The molecule has 0 radical (unpaired) electrons. The van der Waals surface area contributed by atoms with Gasteiger partial charge >= 0.3 is 0 Å². The largest absolute Gasteiger partial charge is 0.381 e. The molecule has 1 saturated heterocycles. The van der Waals surface area contributed by atoms with Crippen LogP contribution in [0.3, 0.4) is 0 Å². The molecule has 0 atom stereocenters. The molecule has 1 aliphatic carbocycles. The van der Waals surface area contributed by atoms with Crippen LogP contribution >= 0.6 is 0 Å². The lowest BCUT2D eigenvalue weighted by molar-refractivity contribution is 0.0153. The molecule has 0 spiro atoms. The number of methoxy groups -OCH3 is 1. The second-order valence-corrected chi connectivity index (χ2v) is 6.30. The van der Waals surface area contributed by atoms with Gasteiger partial charge in [-0.1, -0.05) is 30.3 Å². The van der Waals surface area contributed by atoms with E-state index in [1.807, 2.05) is 7.11 Å². The Hall–Kier alpha value is -0.900. The third-order valence-electron chi connectivity index (χ3n) is 5.10. The maximum Gasteiger partial charge on any atom is 0.0601 e. The number of rotatable bonds is 5. The molecule has 20 heavy (non-hydrogen) atoms. The highest BCUT2D eigenvalue weighted by Crippen LogP contribution is 2.34. The summed E-state index contributed by atoms with van der Waals surface area (Å²) in [5.74, 6) is 0.